The van der Waals surface area contributed by atoms with Crippen LogP contribution in [0.3, 0.4) is 0 Å². The van der Waals surface area contributed by atoms with Gasteiger partial charge in [-0.05, 0) is 28.7 Å². The number of carboxylic acids is 1. The van der Waals surface area contributed by atoms with Gasteiger partial charge in [0.1, 0.15) is 12.1 Å². The number of carbonyl (C=O) groups excluding carboxylic acids is 2. The van der Waals surface area contributed by atoms with Crippen molar-refractivity contribution in [2.75, 3.05) is 19.8 Å². The fourth-order valence-electron chi connectivity index (χ4n) is 4.79. The predicted molar refractivity (Wildman–Crippen MR) is 125 cm³/mol. The molecule has 1 aliphatic heterocycles. The molecule has 0 unspecified atom stereocenters. The standard InChI is InChI=1S/C26H30N2O6/c1-2-17(15-23(29)30)27-24(31)26(11-13-33-14-12-26)28-25(32)34-16-22-20-9-5-3-7-18(20)19-8-4-6-10-21(19)22/h3-10,17,22H,2,11-16H2,1H3,(H,27,31)(H,28,32)(H,29,30)/t17-/m1/s1. The average molecular weight is 467 g/mol. The molecule has 34 heavy (non-hydrogen) atoms. The van der Waals surface area contributed by atoms with E-state index in [0.717, 1.165) is 22.3 Å². The van der Waals surface area contributed by atoms with E-state index in [0.29, 0.717) is 19.6 Å². The van der Waals surface area contributed by atoms with Gasteiger partial charge in [-0.3, -0.25) is 9.59 Å². The molecular weight excluding hydrogens is 436 g/mol. The van der Waals surface area contributed by atoms with Crippen LogP contribution in [0.2, 0.25) is 0 Å². The van der Waals surface area contributed by atoms with Crippen LogP contribution in [-0.4, -0.2) is 54.5 Å². The van der Waals surface area contributed by atoms with Gasteiger partial charge in [-0.1, -0.05) is 55.5 Å². The Balaban J connectivity index is 1.45. The van der Waals surface area contributed by atoms with Gasteiger partial charge in [-0.2, -0.15) is 0 Å². The van der Waals surface area contributed by atoms with Crippen molar-refractivity contribution in [3.63, 3.8) is 0 Å². The summed E-state index contributed by atoms with van der Waals surface area (Å²) in [6.07, 6.45) is 0.180. The number of hydrogen-bond donors (Lipinski definition) is 3. The Morgan fingerprint density at radius 2 is 1.65 bits per heavy atom. The molecule has 1 fully saturated rings. The van der Waals surface area contributed by atoms with Crippen molar-refractivity contribution in [3.05, 3.63) is 59.7 Å². The van der Waals surface area contributed by atoms with Gasteiger partial charge in [0.2, 0.25) is 5.91 Å². The monoisotopic (exact) mass is 466 g/mol. The third-order valence-electron chi connectivity index (χ3n) is 6.72. The van der Waals surface area contributed by atoms with E-state index in [1.165, 1.54) is 0 Å². The minimum Gasteiger partial charge on any atom is -0.481 e. The molecular formula is C26H30N2O6. The van der Waals surface area contributed by atoms with E-state index in [2.05, 4.69) is 22.8 Å². The number of benzene rings is 2. The molecule has 2 amide bonds. The highest BCUT2D eigenvalue weighted by Crippen LogP contribution is 2.44. The topological polar surface area (TPSA) is 114 Å². The van der Waals surface area contributed by atoms with Gasteiger partial charge in [-0.15, -0.1) is 0 Å². The lowest BCUT2D eigenvalue weighted by Crippen LogP contribution is -2.62. The largest absolute Gasteiger partial charge is 0.481 e. The third kappa shape index (κ3) is 4.92. The quantitative estimate of drug-likeness (QED) is 0.549. The molecule has 0 aromatic heterocycles. The summed E-state index contributed by atoms with van der Waals surface area (Å²) >= 11 is 0. The lowest BCUT2D eigenvalue weighted by atomic mass is 9.88. The SMILES string of the molecule is CC[C@H](CC(=O)O)NC(=O)C1(NC(=O)OCC2c3ccccc3-c3ccccc32)CCOCC1. The van der Waals surface area contributed by atoms with Gasteiger partial charge in [-0.25, -0.2) is 4.79 Å². The van der Waals surface area contributed by atoms with Crippen LogP contribution >= 0.6 is 0 Å². The van der Waals surface area contributed by atoms with Crippen LogP contribution in [0.4, 0.5) is 4.79 Å². The summed E-state index contributed by atoms with van der Waals surface area (Å²) in [5.74, 6) is -1.48. The Bertz CT molecular complexity index is 1020. The van der Waals surface area contributed by atoms with E-state index in [1.807, 2.05) is 43.3 Å². The van der Waals surface area contributed by atoms with Crippen molar-refractivity contribution in [2.45, 2.75) is 50.1 Å². The van der Waals surface area contributed by atoms with E-state index in [9.17, 15) is 14.4 Å². The molecule has 180 valence electrons. The molecule has 1 saturated heterocycles. The maximum atomic E-state index is 13.2. The highest BCUT2D eigenvalue weighted by molar-refractivity contribution is 5.90. The van der Waals surface area contributed by atoms with Crippen molar-refractivity contribution in [1.29, 1.82) is 0 Å². The first-order valence-electron chi connectivity index (χ1n) is 11.7. The maximum absolute atomic E-state index is 13.2. The number of fused-ring (bicyclic) bond motifs is 3. The number of nitrogens with one attached hydrogen (secondary N) is 2. The minimum absolute atomic E-state index is 0.0855. The normalized spacial score (nSPS) is 17.2. The molecule has 1 atom stereocenters. The number of alkyl carbamates (subject to hydrolysis) is 1. The lowest BCUT2D eigenvalue weighted by molar-refractivity contribution is -0.138. The summed E-state index contributed by atoms with van der Waals surface area (Å²) in [7, 11) is 0. The molecule has 0 bridgehead atoms. The summed E-state index contributed by atoms with van der Waals surface area (Å²) in [6, 6.07) is 15.6. The number of carboxylic acid groups (broad SMARTS) is 1. The molecule has 0 radical (unpaired) electrons. The van der Waals surface area contributed by atoms with Gasteiger partial charge in [0, 0.05) is 38.0 Å². The summed E-state index contributed by atoms with van der Waals surface area (Å²) in [5, 5.41) is 14.7. The first-order chi connectivity index (χ1) is 16.4. The first kappa shape index (κ1) is 23.8. The molecule has 2 aromatic rings. The molecule has 1 heterocycles. The fourth-order valence-corrected chi connectivity index (χ4v) is 4.79. The second-order valence-corrected chi connectivity index (χ2v) is 8.82. The molecule has 2 aliphatic rings. The van der Waals surface area contributed by atoms with Gasteiger partial charge in [0.25, 0.3) is 0 Å². The number of aliphatic carboxylic acids is 1. The summed E-state index contributed by atoms with van der Waals surface area (Å²) in [5.41, 5.74) is 3.28. The molecule has 0 saturated carbocycles. The zero-order valence-electron chi connectivity index (χ0n) is 19.2. The Morgan fingerprint density at radius 1 is 1.06 bits per heavy atom. The van der Waals surface area contributed by atoms with Crippen LogP contribution in [0.5, 0.6) is 0 Å². The van der Waals surface area contributed by atoms with Crippen molar-refractivity contribution in [3.8, 4) is 11.1 Å². The third-order valence-corrected chi connectivity index (χ3v) is 6.72. The van der Waals surface area contributed by atoms with Crippen LogP contribution in [0.1, 0.15) is 49.7 Å². The number of ether oxygens (including phenoxy) is 2. The highest BCUT2D eigenvalue weighted by Gasteiger charge is 2.43. The molecule has 8 heteroatoms. The average Bonchev–Trinajstić information content (AvgIpc) is 3.16. The molecule has 2 aromatic carbocycles. The van der Waals surface area contributed by atoms with Crippen molar-refractivity contribution in [1.82, 2.24) is 10.6 Å². The molecule has 4 rings (SSSR count). The Kier molecular flexibility index (Phi) is 7.17. The second kappa shape index (κ2) is 10.3. The number of rotatable bonds is 8. The zero-order valence-corrected chi connectivity index (χ0v) is 19.2. The van der Waals surface area contributed by atoms with Crippen LogP contribution in [0, 0.1) is 0 Å². The van der Waals surface area contributed by atoms with E-state index in [4.69, 9.17) is 14.6 Å². The first-order valence-corrected chi connectivity index (χ1v) is 11.7. The van der Waals surface area contributed by atoms with E-state index in [-0.39, 0.29) is 31.8 Å². The second-order valence-electron chi connectivity index (χ2n) is 8.82. The molecule has 1 aliphatic carbocycles. The smallest absolute Gasteiger partial charge is 0.408 e. The fraction of sp³-hybridized carbons (Fsp3) is 0.423. The Morgan fingerprint density at radius 3 is 2.21 bits per heavy atom. The summed E-state index contributed by atoms with van der Waals surface area (Å²) < 4.78 is 11.1. The summed E-state index contributed by atoms with van der Waals surface area (Å²) in [4.78, 5) is 37.2. The van der Waals surface area contributed by atoms with Gasteiger partial charge in [0.15, 0.2) is 0 Å². The van der Waals surface area contributed by atoms with Gasteiger partial charge < -0.3 is 25.2 Å². The highest BCUT2D eigenvalue weighted by atomic mass is 16.5. The Labute approximate surface area is 198 Å². The van der Waals surface area contributed by atoms with Crippen LogP contribution in [0.15, 0.2) is 48.5 Å². The molecule has 8 nitrogen and oxygen atoms in total. The summed E-state index contributed by atoms with van der Waals surface area (Å²) in [6.45, 7) is 2.58. The van der Waals surface area contributed by atoms with Gasteiger partial charge >= 0.3 is 12.1 Å². The van der Waals surface area contributed by atoms with E-state index >= 15 is 0 Å². The van der Waals surface area contributed by atoms with Gasteiger partial charge in [0.05, 0.1) is 6.42 Å². The predicted octanol–water partition coefficient (Wildman–Crippen LogP) is 3.44. The van der Waals surface area contributed by atoms with Crippen LogP contribution < -0.4 is 10.6 Å². The minimum atomic E-state index is -1.20. The maximum Gasteiger partial charge on any atom is 0.408 e. The van der Waals surface area contributed by atoms with Crippen molar-refractivity contribution >= 4 is 18.0 Å². The van der Waals surface area contributed by atoms with Crippen molar-refractivity contribution in [2.24, 2.45) is 0 Å². The molecule has 3 N–H and O–H groups in total. The number of amides is 2. The Hall–Kier alpha value is -3.39. The number of hydrogen-bond acceptors (Lipinski definition) is 5. The zero-order chi connectivity index (χ0) is 24.1. The number of carbonyl (C=O) groups is 3. The molecule has 0 spiro atoms. The van der Waals surface area contributed by atoms with E-state index < -0.39 is 29.6 Å². The van der Waals surface area contributed by atoms with Crippen LogP contribution in [0.25, 0.3) is 11.1 Å². The van der Waals surface area contributed by atoms with Crippen molar-refractivity contribution < 1.29 is 29.0 Å². The van der Waals surface area contributed by atoms with Crippen LogP contribution in [-0.2, 0) is 19.1 Å². The van der Waals surface area contributed by atoms with E-state index in [1.54, 1.807) is 0 Å². The lowest BCUT2D eigenvalue weighted by Gasteiger charge is -2.37.